The molecule has 1 unspecified atom stereocenters. The molecule has 2 aliphatic heterocycles. The Kier molecular flexibility index (Phi) is 4.06. The van der Waals surface area contributed by atoms with Gasteiger partial charge >= 0.3 is 0 Å². The molecule has 0 spiro atoms. The first-order valence-electron chi connectivity index (χ1n) is 7.21. The number of hydrogen-bond acceptors (Lipinski definition) is 5. The lowest BCUT2D eigenvalue weighted by atomic mass is 10.1. The van der Waals surface area contributed by atoms with Gasteiger partial charge in [0.2, 0.25) is 5.76 Å². The van der Waals surface area contributed by atoms with Gasteiger partial charge in [-0.15, -0.1) is 11.8 Å². The molecule has 1 aromatic rings. The minimum absolute atomic E-state index is 0.452. The smallest absolute Gasteiger partial charge is 0.204 e. The summed E-state index contributed by atoms with van der Waals surface area (Å²) in [5.41, 5.74) is 1.23. The lowest BCUT2D eigenvalue weighted by Gasteiger charge is -2.36. The fourth-order valence-corrected chi connectivity index (χ4v) is 4.48. The lowest BCUT2D eigenvalue weighted by Crippen LogP contribution is -2.38. The van der Waals surface area contributed by atoms with Crippen molar-refractivity contribution in [3.05, 3.63) is 23.2 Å². The van der Waals surface area contributed by atoms with Gasteiger partial charge in [-0.3, -0.25) is 4.90 Å². The molecule has 0 saturated carbocycles. The van der Waals surface area contributed by atoms with Crippen molar-refractivity contribution in [1.29, 1.82) is 5.26 Å². The van der Waals surface area contributed by atoms with Gasteiger partial charge in [0, 0.05) is 11.7 Å². The topological polar surface area (TPSA) is 43.4 Å². The Morgan fingerprint density at radius 1 is 1.35 bits per heavy atom. The van der Waals surface area contributed by atoms with E-state index >= 15 is 0 Å². The molecule has 0 amide bonds. The van der Waals surface area contributed by atoms with Gasteiger partial charge in [0.1, 0.15) is 11.8 Å². The minimum Gasteiger partial charge on any atom is -0.449 e. The molecule has 3 rings (SSSR count). The van der Waals surface area contributed by atoms with E-state index in [-0.39, 0.29) is 0 Å². The van der Waals surface area contributed by atoms with Crippen LogP contribution < -0.4 is 0 Å². The third-order valence-corrected chi connectivity index (χ3v) is 6.00. The van der Waals surface area contributed by atoms with E-state index in [0.29, 0.717) is 11.1 Å². The van der Waals surface area contributed by atoms with Crippen LogP contribution in [0.25, 0.3) is 0 Å². The fourth-order valence-electron chi connectivity index (χ4n) is 3.00. The van der Waals surface area contributed by atoms with E-state index in [9.17, 15) is 0 Å². The third kappa shape index (κ3) is 2.88. The van der Waals surface area contributed by atoms with Crippen LogP contribution in [0.1, 0.15) is 29.9 Å². The molecular formula is C15H21N3OS. The molecule has 0 bridgehead atoms. The molecule has 108 valence electrons. The van der Waals surface area contributed by atoms with Gasteiger partial charge in [-0.2, -0.15) is 5.26 Å². The Labute approximate surface area is 124 Å². The van der Waals surface area contributed by atoms with Crippen molar-refractivity contribution < 1.29 is 4.42 Å². The number of likely N-dealkylation sites (tertiary alicyclic amines) is 1. The Bertz CT molecular complexity index is 514. The highest BCUT2D eigenvalue weighted by Gasteiger charge is 2.30. The Morgan fingerprint density at radius 3 is 2.80 bits per heavy atom. The van der Waals surface area contributed by atoms with Gasteiger partial charge in [0.05, 0.1) is 11.9 Å². The maximum Gasteiger partial charge on any atom is 0.204 e. The first-order valence-corrected chi connectivity index (χ1v) is 8.16. The highest BCUT2D eigenvalue weighted by atomic mass is 32.2. The molecule has 5 heteroatoms. The van der Waals surface area contributed by atoms with Crippen molar-refractivity contribution >= 4 is 11.8 Å². The molecule has 1 aromatic heterocycles. The molecule has 0 aromatic carbocycles. The summed E-state index contributed by atoms with van der Waals surface area (Å²) in [6, 6.07) is 4.02. The van der Waals surface area contributed by atoms with Gasteiger partial charge in [-0.05, 0) is 51.7 Å². The average molecular weight is 291 g/mol. The quantitative estimate of drug-likeness (QED) is 0.836. The molecule has 3 heterocycles. The van der Waals surface area contributed by atoms with Crippen molar-refractivity contribution in [3.8, 4) is 6.07 Å². The van der Waals surface area contributed by atoms with Crippen LogP contribution >= 0.6 is 11.8 Å². The lowest BCUT2D eigenvalue weighted by molar-refractivity contribution is 0.250. The summed E-state index contributed by atoms with van der Waals surface area (Å²) < 4.78 is 5.56. The van der Waals surface area contributed by atoms with Gasteiger partial charge in [0.25, 0.3) is 0 Å². The average Bonchev–Trinajstić information content (AvgIpc) is 2.83. The number of nitriles is 1. The second-order valence-corrected chi connectivity index (χ2v) is 7.37. The molecule has 0 N–H and O–H groups in total. The second kappa shape index (κ2) is 5.80. The fraction of sp³-hybridized carbons (Fsp3) is 0.667. The number of likely N-dealkylation sites (N-methyl/N-ethyl adjacent to an activating group) is 1. The normalized spacial score (nSPS) is 25.4. The largest absolute Gasteiger partial charge is 0.449 e. The standard InChI is InChI=1S/C15H21N3OS/c1-17-5-3-13(4-6-17)20-15-8-11-7-12(9-16)19-14(11)10-18(15)2/h7,13,15H,3-6,8,10H2,1-2H3. The Morgan fingerprint density at radius 2 is 2.10 bits per heavy atom. The van der Waals surface area contributed by atoms with Crippen LogP contribution in [0.3, 0.4) is 0 Å². The van der Waals surface area contributed by atoms with E-state index in [1.165, 1.54) is 31.5 Å². The van der Waals surface area contributed by atoms with Crippen molar-refractivity contribution in [2.45, 2.75) is 36.4 Å². The highest BCUT2D eigenvalue weighted by molar-refractivity contribution is 8.00. The molecule has 1 atom stereocenters. The molecule has 1 saturated heterocycles. The van der Waals surface area contributed by atoms with Crippen LogP contribution in [-0.4, -0.2) is 47.6 Å². The molecular weight excluding hydrogens is 270 g/mol. The van der Waals surface area contributed by atoms with Crippen molar-refractivity contribution in [3.63, 3.8) is 0 Å². The molecule has 0 radical (unpaired) electrons. The van der Waals surface area contributed by atoms with Gasteiger partial charge in [0.15, 0.2) is 0 Å². The maximum absolute atomic E-state index is 8.94. The molecule has 2 aliphatic rings. The van der Waals surface area contributed by atoms with Gasteiger partial charge in [-0.25, -0.2) is 0 Å². The molecule has 1 fully saturated rings. The third-order valence-electron chi connectivity index (χ3n) is 4.30. The zero-order chi connectivity index (χ0) is 14.1. The van der Waals surface area contributed by atoms with E-state index in [0.717, 1.165) is 24.0 Å². The van der Waals surface area contributed by atoms with Crippen LogP contribution in [0.2, 0.25) is 0 Å². The first-order chi connectivity index (χ1) is 9.65. The molecule has 4 nitrogen and oxygen atoms in total. The predicted molar refractivity (Wildman–Crippen MR) is 80.5 cm³/mol. The van der Waals surface area contributed by atoms with Crippen molar-refractivity contribution in [2.24, 2.45) is 0 Å². The van der Waals surface area contributed by atoms with E-state index in [4.69, 9.17) is 9.68 Å². The number of fused-ring (bicyclic) bond motifs is 1. The predicted octanol–water partition coefficient (Wildman–Crippen LogP) is 2.29. The van der Waals surface area contributed by atoms with E-state index < -0.39 is 0 Å². The summed E-state index contributed by atoms with van der Waals surface area (Å²) in [7, 11) is 4.36. The summed E-state index contributed by atoms with van der Waals surface area (Å²) in [6.45, 7) is 3.24. The maximum atomic E-state index is 8.94. The van der Waals surface area contributed by atoms with Crippen LogP contribution in [0, 0.1) is 11.3 Å². The highest BCUT2D eigenvalue weighted by Crippen LogP contribution is 2.35. The van der Waals surface area contributed by atoms with E-state index in [1.807, 2.05) is 6.07 Å². The number of hydrogen-bond donors (Lipinski definition) is 0. The van der Waals surface area contributed by atoms with Crippen LogP contribution in [0.4, 0.5) is 0 Å². The number of rotatable bonds is 2. The van der Waals surface area contributed by atoms with Crippen LogP contribution in [0.5, 0.6) is 0 Å². The number of piperidine rings is 1. The Hall–Kier alpha value is -0.960. The summed E-state index contributed by atoms with van der Waals surface area (Å²) in [5, 5.41) is 10.2. The van der Waals surface area contributed by atoms with Crippen molar-refractivity contribution in [1.82, 2.24) is 9.80 Å². The van der Waals surface area contributed by atoms with Crippen LogP contribution in [-0.2, 0) is 13.0 Å². The van der Waals surface area contributed by atoms with E-state index in [2.05, 4.69) is 41.7 Å². The Balaban J connectivity index is 1.65. The number of nitrogens with zero attached hydrogens (tertiary/aromatic N) is 3. The summed E-state index contributed by atoms with van der Waals surface area (Å²) in [6.07, 6.45) is 3.56. The SMILES string of the molecule is CN1CCC(SC2Cc3cc(C#N)oc3CN2C)CC1. The summed E-state index contributed by atoms with van der Waals surface area (Å²) in [4.78, 5) is 4.77. The zero-order valence-corrected chi connectivity index (χ0v) is 12.9. The first kappa shape index (κ1) is 14.0. The van der Waals surface area contributed by atoms with Gasteiger partial charge in [-0.1, -0.05) is 0 Å². The molecule has 0 aliphatic carbocycles. The zero-order valence-electron chi connectivity index (χ0n) is 12.1. The van der Waals surface area contributed by atoms with Crippen molar-refractivity contribution in [2.75, 3.05) is 27.2 Å². The van der Waals surface area contributed by atoms with E-state index in [1.54, 1.807) is 0 Å². The summed E-state index contributed by atoms with van der Waals surface area (Å²) >= 11 is 2.11. The molecule has 20 heavy (non-hydrogen) atoms. The van der Waals surface area contributed by atoms with Crippen LogP contribution in [0.15, 0.2) is 10.5 Å². The minimum atomic E-state index is 0.452. The second-order valence-electron chi connectivity index (χ2n) is 5.88. The monoisotopic (exact) mass is 291 g/mol. The van der Waals surface area contributed by atoms with Gasteiger partial charge < -0.3 is 9.32 Å². The summed E-state index contributed by atoms with van der Waals surface area (Å²) in [5.74, 6) is 1.43. The number of furan rings is 1. The number of thioether (sulfide) groups is 1.